The maximum atomic E-state index is 13.5. The molecule has 1 aromatic carbocycles. The SMILES string of the molecule is CCCC(C)NC(=O)C(c1ccc(C)cc1)N(C)C(=O)C(CCSC)NC(=O)OC(C)(C)C. The number of amides is 3. The second-order valence-electron chi connectivity index (χ2n) is 9.44. The minimum atomic E-state index is -0.811. The van der Waals surface area contributed by atoms with E-state index < -0.39 is 23.8 Å². The molecule has 0 aromatic heterocycles. The molecule has 7 nitrogen and oxygen atoms in total. The van der Waals surface area contributed by atoms with Gasteiger partial charge in [-0.15, -0.1) is 0 Å². The van der Waals surface area contributed by atoms with Crippen molar-refractivity contribution >= 4 is 29.7 Å². The summed E-state index contributed by atoms with van der Waals surface area (Å²) in [5.74, 6) is 0.102. The largest absolute Gasteiger partial charge is 0.444 e. The number of benzene rings is 1. The van der Waals surface area contributed by atoms with E-state index in [4.69, 9.17) is 4.74 Å². The lowest BCUT2D eigenvalue weighted by atomic mass is 10.0. The first-order valence-electron chi connectivity index (χ1n) is 11.5. The third kappa shape index (κ3) is 10.1. The minimum absolute atomic E-state index is 0.00822. The first-order chi connectivity index (χ1) is 15.4. The van der Waals surface area contributed by atoms with E-state index in [1.165, 1.54) is 4.90 Å². The number of thioether (sulfide) groups is 1. The fourth-order valence-corrected chi connectivity index (χ4v) is 3.91. The van der Waals surface area contributed by atoms with Gasteiger partial charge in [0.15, 0.2) is 0 Å². The lowest BCUT2D eigenvalue weighted by molar-refractivity contribution is -0.141. The van der Waals surface area contributed by atoms with Crippen molar-refractivity contribution in [3.8, 4) is 0 Å². The Kier molecular flexibility index (Phi) is 11.8. The number of nitrogens with zero attached hydrogens (tertiary/aromatic N) is 1. The smallest absolute Gasteiger partial charge is 0.408 e. The molecule has 0 fully saturated rings. The number of carbonyl (C=O) groups excluding carboxylic acids is 3. The molecular formula is C25H41N3O4S. The summed E-state index contributed by atoms with van der Waals surface area (Å²) in [5, 5.41) is 5.74. The Morgan fingerprint density at radius 2 is 1.70 bits per heavy atom. The van der Waals surface area contributed by atoms with Crippen LogP contribution in [-0.4, -0.2) is 59.5 Å². The zero-order valence-electron chi connectivity index (χ0n) is 21.4. The van der Waals surface area contributed by atoms with Crippen molar-refractivity contribution in [1.82, 2.24) is 15.5 Å². The number of hydrogen-bond donors (Lipinski definition) is 2. The Bertz CT molecular complexity index is 777. The average Bonchev–Trinajstić information content (AvgIpc) is 2.70. The van der Waals surface area contributed by atoms with Crippen LogP contribution in [0, 0.1) is 6.92 Å². The fourth-order valence-electron chi connectivity index (χ4n) is 3.44. The molecule has 2 N–H and O–H groups in total. The zero-order chi connectivity index (χ0) is 25.2. The van der Waals surface area contributed by atoms with Crippen molar-refractivity contribution in [2.45, 2.75) is 84.5 Å². The highest BCUT2D eigenvalue weighted by Crippen LogP contribution is 2.23. The van der Waals surface area contributed by atoms with E-state index in [0.29, 0.717) is 12.2 Å². The van der Waals surface area contributed by atoms with Crippen LogP contribution in [0.4, 0.5) is 4.79 Å². The lowest BCUT2D eigenvalue weighted by Crippen LogP contribution is -2.52. The molecule has 0 aliphatic rings. The highest BCUT2D eigenvalue weighted by molar-refractivity contribution is 7.98. The Morgan fingerprint density at radius 3 is 2.21 bits per heavy atom. The third-order valence-corrected chi connectivity index (χ3v) is 5.73. The molecule has 186 valence electrons. The van der Waals surface area contributed by atoms with Crippen molar-refractivity contribution in [1.29, 1.82) is 0 Å². The van der Waals surface area contributed by atoms with E-state index in [1.54, 1.807) is 39.6 Å². The third-order valence-electron chi connectivity index (χ3n) is 5.09. The summed E-state index contributed by atoms with van der Waals surface area (Å²) in [6, 6.07) is 5.96. The second-order valence-corrected chi connectivity index (χ2v) is 10.4. The van der Waals surface area contributed by atoms with Crippen molar-refractivity contribution in [2.75, 3.05) is 19.1 Å². The van der Waals surface area contributed by atoms with Gasteiger partial charge < -0.3 is 20.3 Å². The normalized spacial score (nSPS) is 14.1. The van der Waals surface area contributed by atoms with Crippen molar-refractivity contribution < 1.29 is 19.1 Å². The molecule has 0 radical (unpaired) electrons. The number of rotatable bonds is 11. The first kappa shape index (κ1) is 28.8. The number of hydrogen-bond acceptors (Lipinski definition) is 5. The van der Waals surface area contributed by atoms with Gasteiger partial charge in [-0.25, -0.2) is 4.79 Å². The summed E-state index contributed by atoms with van der Waals surface area (Å²) in [5.41, 5.74) is 1.11. The molecule has 1 aromatic rings. The minimum Gasteiger partial charge on any atom is -0.444 e. The highest BCUT2D eigenvalue weighted by atomic mass is 32.2. The summed E-state index contributed by atoms with van der Waals surface area (Å²) in [4.78, 5) is 40.6. The van der Waals surface area contributed by atoms with Crippen LogP contribution in [0.25, 0.3) is 0 Å². The zero-order valence-corrected chi connectivity index (χ0v) is 22.2. The number of nitrogens with one attached hydrogen (secondary N) is 2. The van der Waals surface area contributed by atoms with Crippen LogP contribution < -0.4 is 10.6 Å². The van der Waals surface area contributed by atoms with E-state index in [0.717, 1.165) is 24.0 Å². The maximum absolute atomic E-state index is 13.5. The van der Waals surface area contributed by atoms with Gasteiger partial charge in [0, 0.05) is 13.1 Å². The molecule has 0 spiro atoms. The van der Waals surface area contributed by atoms with Crippen LogP contribution in [0.15, 0.2) is 24.3 Å². The molecule has 0 saturated heterocycles. The van der Waals surface area contributed by atoms with Gasteiger partial charge in [0.2, 0.25) is 11.8 Å². The van der Waals surface area contributed by atoms with Crippen molar-refractivity contribution in [2.24, 2.45) is 0 Å². The molecule has 0 aliphatic heterocycles. The van der Waals surface area contributed by atoms with E-state index >= 15 is 0 Å². The predicted octanol–water partition coefficient (Wildman–Crippen LogP) is 4.45. The number of alkyl carbamates (subject to hydrolysis) is 1. The molecule has 1 rings (SSSR count). The van der Waals surface area contributed by atoms with Crippen LogP contribution in [0.2, 0.25) is 0 Å². The first-order valence-corrected chi connectivity index (χ1v) is 12.9. The number of carbonyl (C=O) groups is 3. The Morgan fingerprint density at radius 1 is 1.09 bits per heavy atom. The van der Waals surface area contributed by atoms with Gasteiger partial charge >= 0.3 is 6.09 Å². The van der Waals surface area contributed by atoms with E-state index in [9.17, 15) is 14.4 Å². The summed E-state index contributed by atoms with van der Waals surface area (Å²) >= 11 is 1.58. The van der Waals surface area contributed by atoms with Gasteiger partial charge in [-0.05, 0) is 65.0 Å². The molecule has 3 atom stereocenters. The molecule has 0 saturated carbocycles. The van der Waals surface area contributed by atoms with Crippen LogP contribution in [0.5, 0.6) is 0 Å². The molecule has 33 heavy (non-hydrogen) atoms. The van der Waals surface area contributed by atoms with Crippen LogP contribution in [-0.2, 0) is 14.3 Å². The molecule has 0 heterocycles. The predicted molar refractivity (Wildman–Crippen MR) is 135 cm³/mol. The highest BCUT2D eigenvalue weighted by Gasteiger charge is 2.34. The van der Waals surface area contributed by atoms with Gasteiger partial charge in [-0.3, -0.25) is 9.59 Å². The topological polar surface area (TPSA) is 87.7 Å². The summed E-state index contributed by atoms with van der Waals surface area (Å²) in [7, 11) is 1.61. The van der Waals surface area contributed by atoms with Crippen LogP contribution >= 0.6 is 11.8 Å². The van der Waals surface area contributed by atoms with Crippen molar-refractivity contribution in [3.05, 3.63) is 35.4 Å². The summed E-state index contributed by atoms with van der Waals surface area (Å²) < 4.78 is 5.36. The van der Waals surface area contributed by atoms with E-state index in [2.05, 4.69) is 17.6 Å². The quantitative estimate of drug-likeness (QED) is 0.490. The Hall–Kier alpha value is -2.22. The van der Waals surface area contributed by atoms with Gasteiger partial charge in [-0.2, -0.15) is 11.8 Å². The number of ether oxygens (including phenoxy) is 1. The maximum Gasteiger partial charge on any atom is 0.408 e. The van der Waals surface area contributed by atoms with E-state index in [1.807, 2.05) is 44.4 Å². The number of aryl methyl sites for hydroxylation is 1. The molecule has 0 aliphatic carbocycles. The van der Waals surface area contributed by atoms with E-state index in [-0.39, 0.29) is 17.9 Å². The fraction of sp³-hybridized carbons (Fsp3) is 0.640. The van der Waals surface area contributed by atoms with Gasteiger partial charge in [0.05, 0.1) is 0 Å². The van der Waals surface area contributed by atoms with Crippen molar-refractivity contribution in [3.63, 3.8) is 0 Å². The Labute approximate surface area is 203 Å². The number of likely N-dealkylation sites (N-methyl/N-ethyl adjacent to an activating group) is 1. The average molecular weight is 480 g/mol. The summed E-state index contributed by atoms with van der Waals surface area (Å²) in [6.07, 6.45) is 3.51. The molecule has 8 heteroatoms. The van der Waals surface area contributed by atoms with Gasteiger partial charge in [0.25, 0.3) is 0 Å². The van der Waals surface area contributed by atoms with Gasteiger partial charge in [-0.1, -0.05) is 43.2 Å². The molecular weight excluding hydrogens is 438 g/mol. The standard InChI is InChI=1S/C25H41N3O4S/c1-9-10-18(3)26-22(29)21(19-13-11-17(2)12-14-19)28(7)23(30)20(15-16-33-8)27-24(31)32-25(4,5)6/h11-14,18,20-21H,9-10,15-16H2,1-8H3,(H,26,29)(H,27,31). The molecule has 3 amide bonds. The second kappa shape index (κ2) is 13.5. The molecule has 0 bridgehead atoms. The van der Waals surface area contributed by atoms with Gasteiger partial charge in [0.1, 0.15) is 17.7 Å². The summed E-state index contributed by atoms with van der Waals surface area (Å²) in [6.45, 7) is 11.3. The lowest BCUT2D eigenvalue weighted by Gasteiger charge is -2.32. The molecule has 3 unspecified atom stereocenters. The Balaban J connectivity index is 3.19. The monoisotopic (exact) mass is 479 g/mol. The van der Waals surface area contributed by atoms with Crippen LogP contribution in [0.1, 0.15) is 71.0 Å². The van der Waals surface area contributed by atoms with Crippen LogP contribution in [0.3, 0.4) is 0 Å².